The fourth-order valence-electron chi connectivity index (χ4n) is 3.74. The maximum absolute atomic E-state index is 14.6. The molecule has 0 bridgehead atoms. The molecule has 0 radical (unpaired) electrons. The van der Waals surface area contributed by atoms with Gasteiger partial charge in [-0.1, -0.05) is 25.5 Å². The van der Waals surface area contributed by atoms with Gasteiger partial charge in [-0.3, -0.25) is 0 Å². The molecule has 1 fully saturated rings. The zero-order valence-electron chi connectivity index (χ0n) is 15.0. The highest BCUT2D eigenvalue weighted by Gasteiger charge is 2.49. The monoisotopic (exact) mass is 422 g/mol. The molecule has 0 atom stereocenters. The molecule has 1 aliphatic rings. The van der Waals surface area contributed by atoms with Crippen molar-refractivity contribution in [1.82, 2.24) is 0 Å². The topological polar surface area (TPSA) is 43.4 Å². The number of halogens is 5. The third kappa shape index (κ3) is 3.94. The predicted molar refractivity (Wildman–Crippen MR) is 94.5 cm³/mol. The van der Waals surface area contributed by atoms with Crippen molar-refractivity contribution in [3.63, 3.8) is 0 Å². The second-order valence-corrected chi connectivity index (χ2v) is 8.63. The fourth-order valence-corrected chi connectivity index (χ4v) is 4.20. The third-order valence-electron chi connectivity index (χ3n) is 5.37. The maximum Gasteiger partial charge on any atom is 0.534 e. The Morgan fingerprint density at radius 2 is 1.71 bits per heavy atom. The Morgan fingerprint density at radius 1 is 1.07 bits per heavy atom. The average molecular weight is 422 g/mol. The Morgan fingerprint density at radius 3 is 2.29 bits per heavy atom. The van der Waals surface area contributed by atoms with Crippen molar-refractivity contribution in [3.8, 4) is 5.75 Å². The van der Waals surface area contributed by atoms with E-state index in [9.17, 15) is 30.4 Å². The summed E-state index contributed by atoms with van der Waals surface area (Å²) in [6, 6.07) is 4.69. The highest BCUT2D eigenvalue weighted by molar-refractivity contribution is 7.88. The van der Waals surface area contributed by atoms with Gasteiger partial charge in [-0.25, -0.2) is 8.78 Å². The molecule has 0 unspecified atom stereocenters. The molecule has 0 N–H and O–H groups in total. The summed E-state index contributed by atoms with van der Waals surface area (Å²) >= 11 is 0. The molecule has 0 saturated heterocycles. The lowest BCUT2D eigenvalue weighted by Gasteiger charge is -2.28. The molecule has 1 saturated carbocycles. The van der Waals surface area contributed by atoms with E-state index in [0.29, 0.717) is 11.5 Å². The van der Waals surface area contributed by atoms with Crippen LogP contribution in [-0.2, 0) is 10.1 Å². The largest absolute Gasteiger partial charge is 0.534 e. The molecule has 2 aromatic rings. The van der Waals surface area contributed by atoms with E-state index in [0.717, 1.165) is 44.2 Å². The van der Waals surface area contributed by atoms with Gasteiger partial charge in [0.25, 0.3) is 0 Å². The van der Waals surface area contributed by atoms with E-state index >= 15 is 0 Å². The van der Waals surface area contributed by atoms with Crippen LogP contribution in [-0.4, -0.2) is 13.9 Å². The van der Waals surface area contributed by atoms with Crippen molar-refractivity contribution in [2.75, 3.05) is 0 Å². The Kier molecular flexibility index (Phi) is 5.58. The number of fused-ring (bicyclic) bond motifs is 1. The Hall–Kier alpha value is -1.90. The molecule has 0 aliphatic heterocycles. The lowest BCUT2D eigenvalue weighted by Crippen LogP contribution is -2.28. The number of hydrogen-bond donors (Lipinski definition) is 0. The minimum absolute atomic E-state index is 0.131. The first-order chi connectivity index (χ1) is 13.0. The maximum atomic E-state index is 14.6. The van der Waals surface area contributed by atoms with Gasteiger partial charge >= 0.3 is 15.6 Å². The van der Waals surface area contributed by atoms with Crippen molar-refractivity contribution in [2.45, 2.75) is 50.5 Å². The molecule has 0 heterocycles. The van der Waals surface area contributed by atoms with Crippen LogP contribution in [0.1, 0.15) is 50.5 Å². The van der Waals surface area contributed by atoms with Crippen molar-refractivity contribution in [2.24, 2.45) is 5.92 Å². The van der Waals surface area contributed by atoms with Gasteiger partial charge in [0.05, 0.1) is 5.39 Å². The van der Waals surface area contributed by atoms with E-state index < -0.39 is 38.4 Å². The zero-order valence-corrected chi connectivity index (χ0v) is 15.8. The predicted octanol–water partition coefficient (Wildman–Crippen LogP) is 6.03. The quantitative estimate of drug-likeness (QED) is 0.343. The smallest absolute Gasteiger partial charge is 0.373 e. The number of rotatable bonds is 4. The van der Waals surface area contributed by atoms with Crippen molar-refractivity contribution in [1.29, 1.82) is 0 Å². The van der Waals surface area contributed by atoms with Crippen molar-refractivity contribution >= 4 is 20.9 Å². The molecule has 3 nitrogen and oxygen atoms in total. The van der Waals surface area contributed by atoms with Crippen LogP contribution >= 0.6 is 0 Å². The fraction of sp³-hybridized carbons (Fsp3) is 0.474. The molecule has 3 rings (SSSR count). The molecule has 9 heteroatoms. The van der Waals surface area contributed by atoms with Crippen LogP contribution in [0.5, 0.6) is 5.75 Å². The lowest BCUT2D eigenvalue weighted by atomic mass is 9.77. The summed E-state index contributed by atoms with van der Waals surface area (Å²) < 4.78 is 92.5. The summed E-state index contributed by atoms with van der Waals surface area (Å²) in [4.78, 5) is 0. The van der Waals surface area contributed by atoms with Crippen LogP contribution in [0.25, 0.3) is 10.8 Å². The summed E-state index contributed by atoms with van der Waals surface area (Å²) in [6.45, 7) is 2.13. The van der Waals surface area contributed by atoms with Crippen LogP contribution in [0.2, 0.25) is 0 Å². The van der Waals surface area contributed by atoms with Gasteiger partial charge in [-0.05, 0) is 60.6 Å². The molecule has 0 amide bonds. The Balaban J connectivity index is 1.95. The van der Waals surface area contributed by atoms with E-state index in [1.54, 1.807) is 6.07 Å². The average Bonchev–Trinajstić information content (AvgIpc) is 2.62. The van der Waals surface area contributed by atoms with Gasteiger partial charge < -0.3 is 4.18 Å². The number of hydrogen-bond acceptors (Lipinski definition) is 3. The van der Waals surface area contributed by atoms with Gasteiger partial charge in [0.2, 0.25) is 0 Å². The molecule has 1 aliphatic carbocycles. The number of benzene rings is 2. The second-order valence-electron chi connectivity index (χ2n) is 7.09. The van der Waals surface area contributed by atoms with Crippen LogP contribution in [0, 0.1) is 17.6 Å². The normalized spacial score (nSPS) is 21.1. The standard InChI is InChI=1S/C19H19F5O3S/c1-2-11-3-5-12(6-4-11)14-9-13-7-8-16(18(21)17(13)15(20)10-14)27-28(25,26)19(22,23)24/h7-12H,2-6H2,1H3. The molecular formula is C19H19F5O3S. The minimum Gasteiger partial charge on any atom is -0.373 e. The Labute approximate surface area is 159 Å². The van der Waals surface area contributed by atoms with Gasteiger partial charge in [0.15, 0.2) is 11.6 Å². The second kappa shape index (κ2) is 7.50. The van der Waals surface area contributed by atoms with E-state index in [1.807, 2.05) is 0 Å². The first-order valence-corrected chi connectivity index (χ1v) is 10.4. The highest BCUT2D eigenvalue weighted by atomic mass is 32.2. The van der Waals surface area contributed by atoms with Crippen molar-refractivity contribution < 1.29 is 34.6 Å². The summed E-state index contributed by atoms with van der Waals surface area (Å²) in [5, 5.41) is -0.456. The van der Waals surface area contributed by atoms with Crippen LogP contribution in [0.4, 0.5) is 22.0 Å². The molecular weight excluding hydrogens is 403 g/mol. The van der Waals surface area contributed by atoms with Crippen LogP contribution in [0.15, 0.2) is 24.3 Å². The van der Waals surface area contributed by atoms with Crippen LogP contribution < -0.4 is 4.18 Å². The highest BCUT2D eigenvalue weighted by Crippen LogP contribution is 2.40. The first kappa shape index (κ1) is 20.8. The third-order valence-corrected chi connectivity index (χ3v) is 6.34. The minimum atomic E-state index is -6.05. The molecule has 0 spiro atoms. The van der Waals surface area contributed by atoms with E-state index in [4.69, 9.17) is 0 Å². The zero-order chi connectivity index (χ0) is 20.7. The van der Waals surface area contributed by atoms with E-state index in [2.05, 4.69) is 11.1 Å². The summed E-state index contributed by atoms with van der Waals surface area (Å²) in [5.74, 6) is -2.86. The van der Waals surface area contributed by atoms with E-state index in [-0.39, 0.29) is 11.3 Å². The van der Waals surface area contributed by atoms with Crippen LogP contribution in [0.3, 0.4) is 0 Å². The summed E-state index contributed by atoms with van der Waals surface area (Å²) in [5.41, 5.74) is -5.01. The lowest BCUT2D eigenvalue weighted by molar-refractivity contribution is -0.0500. The van der Waals surface area contributed by atoms with E-state index in [1.165, 1.54) is 6.07 Å². The van der Waals surface area contributed by atoms with Gasteiger partial charge in [0, 0.05) is 0 Å². The molecule has 2 aromatic carbocycles. The SMILES string of the molecule is CCC1CCC(c2cc(F)c3c(F)c(OS(=O)(=O)C(F)(F)F)ccc3c2)CC1. The molecule has 0 aromatic heterocycles. The first-order valence-electron chi connectivity index (χ1n) is 8.96. The summed E-state index contributed by atoms with van der Waals surface area (Å²) in [7, 11) is -6.05. The molecule has 28 heavy (non-hydrogen) atoms. The Bertz CT molecular complexity index is 977. The van der Waals surface area contributed by atoms with Crippen molar-refractivity contribution in [3.05, 3.63) is 41.5 Å². The van der Waals surface area contributed by atoms with Gasteiger partial charge in [-0.2, -0.15) is 21.6 Å². The summed E-state index contributed by atoms with van der Waals surface area (Å²) in [6.07, 6.45) is 4.91. The van der Waals surface area contributed by atoms with Gasteiger partial charge in [0.1, 0.15) is 5.82 Å². The number of alkyl halides is 3. The molecule has 154 valence electrons. The van der Waals surface area contributed by atoms with Gasteiger partial charge in [-0.15, -0.1) is 0 Å².